The van der Waals surface area contributed by atoms with Crippen molar-refractivity contribution in [3.05, 3.63) is 59.0 Å². The van der Waals surface area contributed by atoms with Gasteiger partial charge in [0.25, 0.3) is 6.01 Å². The minimum Gasteiger partial charge on any atom is -0.421 e. The molecule has 0 aliphatic carbocycles. The average Bonchev–Trinajstić information content (AvgIpc) is 3.46. The van der Waals surface area contributed by atoms with Gasteiger partial charge < -0.3 is 9.32 Å². The Hall–Kier alpha value is -3.63. The summed E-state index contributed by atoms with van der Waals surface area (Å²) in [5.41, 5.74) is -0.976. The van der Waals surface area contributed by atoms with Gasteiger partial charge in [0.15, 0.2) is 17.2 Å². The molecule has 160 valence electrons. The smallest absolute Gasteiger partial charge is 0.421 e. The van der Waals surface area contributed by atoms with Gasteiger partial charge in [-0.25, -0.2) is 18.3 Å². The molecule has 1 aliphatic heterocycles. The molecule has 3 aromatic heterocycles. The predicted molar refractivity (Wildman–Crippen MR) is 104 cm³/mol. The number of nitrogens with zero attached hydrogens (tertiary/aromatic N) is 5. The summed E-state index contributed by atoms with van der Waals surface area (Å²) in [6.45, 7) is 1.45. The van der Waals surface area contributed by atoms with Crippen LogP contribution in [0.1, 0.15) is 12.8 Å². The van der Waals surface area contributed by atoms with Gasteiger partial charge in [-0.3, -0.25) is 0 Å². The molecule has 1 aliphatic rings. The molecular weight excluding hydrogens is 418 g/mol. The number of fused-ring (bicyclic) bond motifs is 1. The quantitative estimate of drug-likeness (QED) is 0.456. The number of hydrogen-bond donors (Lipinski definition) is 0. The minimum atomic E-state index is -4.70. The zero-order valence-corrected chi connectivity index (χ0v) is 15.9. The molecule has 0 amide bonds. The van der Waals surface area contributed by atoms with Gasteiger partial charge >= 0.3 is 12.0 Å². The van der Waals surface area contributed by atoms with Crippen LogP contribution < -0.4 is 10.6 Å². The SMILES string of the molecule is O=c1nc2c(ccn2C(F)(F)F)cn1-c1nc(N2CCCC2)oc1-c1ccc(F)cc1. The van der Waals surface area contributed by atoms with E-state index in [4.69, 9.17) is 4.42 Å². The molecule has 5 rings (SSSR count). The van der Waals surface area contributed by atoms with Crippen molar-refractivity contribution < 1.29 is 22.0 Å². The van der Waals surface area contributed by atoms with E-state index in [0.29, 0.717) is 5.56 Å². The summed E-state index contributed by atoms with van der Waals surface area (Å²) in [4.78, 5) is 22.7. The summed E-state index contributed by atoms with van der Waals surface area (Å²) in [7, 11) is 0. The molecule has 0 atom stereocenters. The highest BCUT2D eigenvalue weighted by molar-refractivity contribution is 5.76. The van der Waals surface area contributed by atoms with E-state index >= 15 is 0 Å². The summed E-state index contributed by atoms with van der Waals surface area (Å²) in [5.74, 6) is -0.175. The van der Waals surface area contributed by atoms with Crippen molar-refractivity contribution in [1.29, 1.82) is 0 Å². The van der Waals surface area contributed by atoms with Crippen LogP contribution in [0.25, 0.3) is 28.2 Å². The molecule has 0 radical (unpaired) electrons. The maximum atomic E-state index is 13.4. The maximum Gasteiger partial charge on any atom is 0.490 e. The lowest BCUT2D eigenvalue weighted by Crippen LogP contribution is -2.24. The van der Waals surface area contributed by atoms with Crippen LogP contribution in [-0.2, 0) is 6.30 Å². The van der Waals surface area contributed by atoms with Gasteiger partial charge in [-0.2, -0.15) is 9.97 Å². The Kier molecular flexibility index (Phi) is 4.34. The monoisotopic (exact) mass is 433 g/mol. The molecule has 1 fully saturated rings. The van der Waals surface area contributed by atoms with E-state index in [2.05, 4.69) is 9.97 Å². The standard InChI is InChI=1S/C20H15F4N5O2/c21-14-5-3-12(4-6-14)15-17(26-19(31-15)27-8-1-2-9-27)28-11-13-7-10-29(20(22,23)24)16(13)25-18(28)30/h3-7,10-11H,1-2,8-9H2. The molecule has 4 heterocycles. The van der Waals surface area contributed by atoms with E-state index in [0.717, 1.165) is 36.7 Å². The minimum absolute atomic E-state index is 0.0204. The molecule has 0 saturated carbocycles. The number of hydrogen-bond acceptors (Lipinski definition) is 5. The summed E-state index contributed by atoms with van der Waals surface area (Å²) in [6.07, 6.45) is -0.736. The fraction of sp³-hybridized carbons (Fsp3) is 0.250. The van der Waals surface area contributed by atoms with Crippen molar-refractivity contribution >= 4 is 17.0 Å². The number of oxazole rings is 1. The number of anilines is 1. The Labute approximate surface area is 172 Å². The van der Waals surface area contributed by atoms with Crippen molar-refractivity contribution in [1.82, 2.24) is 19.1 Å². The van der Waals surface area contributed by atoms with Gasteiger partial charge in [0.1, 0.15) is 5.82 Å². The topological polar surface area (TPSA) is 69.1 Å². The number of alkyl halides is 3. The first-order valence-corrected chi connectivity index (χ1v) is 9.51. The van der Waals surface area contributed by atoms with Gasteiger partial charge in [-0.05, 0) is 43.2 Å². The summed E-state index contributed by atoms with van der Waals surface area (Å²) in [5, 5.41) is 0.104. The van der Waals surface area contributed by atoms with E-state index in [1.54, 1.807) is 0 Å². The summed E-state index contributed by atoms with van der Waals surface area (Å²) in [6, 6.07) is 6.93. The Morgan fingerprint density at radius 2 is 1.71 bits per heavy atom. The normalized spacial score (nSPS) is 14.6. The first-order valence-electron chi connectivity index (χ1n) is 9.51. The third-order valence-corrected chi connectivity index (χ3v) is 5.15. The molecule has 11 heteroatoms. The van der Waals surface area contributed by atoms with Gasteiger partial charge in [0.2, 0.25) is 0 Å². The zero-order valence-electron chi connectivity index (χ0n) is 15.9. The molecule has 4 aromatic rings. The van der Waals surface area contributed by atoms with Crippen LogP contribution in [0.2, 0.25) is 0 Å². The maximum absolute atomic E-state index is 13.4. The lowest BCUT2D eigenvalue weighted by atomic mass is 10.2. The van der Waals surface area contributed by atoms with Crippen molar-refractivity contribution in [2.45, 2.75) is 19.1 Å². The first-order chi connectivity index (χ1) is 14.8. The van der Waals surface area contributed by atoms with Crippen molar-refractivity contribution in [3.63, 3.8) is 0 Å². The number of halogens is 4. The van der Waals surface area contributed by atoms with Crippen molar-refractivity contribution in [2.24, 2.45) is 0 Å². The lowest BCUT2D eigenvalue weighted by molar-refractivity contribution is -0.201. The molecule has 1 saturated heterocycles. The third kappa shape index (κ3) is 3.35. The molecule has 7 nitrogen and oxygen atoms in total. The van der Waals surface area contributed by atoms with E-state index in [-0.39, 0.29) is 27.5 Å². The molecular formula is C20H15F4N5O2. The molecule has 0 bridgehead atoms. The van der Waals surface area contributed by atoms with Crippen LogP contribution in [0, 0.1) is 5.82 Å². The predicted octanol–water partition coefficient (Wildman–Crippen LogP) is 4.06. The zero-order chi connectivity index (χ0) is 21.8. The van der Waals surface area contributed by atoms with Gasteiger partial charge in [0.05, 0.1) is 0 Å². The van der Waals surface area contributed by atoms with Crippen molar-refractivity contribution in [3.8, 4) is 17.1 Å². The Morgan fingerprint density at radius 3 is 2.39 bits per heavy atom. The summed E-state index contributed by atoms with van der Waals surface area (Å²) >= 11 is 0. The second-order valence-corrected chi connectivity index (χ2v) is 7.18. The second kappa shape index (κ2) is 6.96. The third-order valence-electron chi connectivity index (χ3n) is 5.15. The highest BCUT2D eigenvalue weighted by Crippen LogP contribution is 2.33. The van der Waals surface area contributed by atoms with Crippen molar-refractivity contribution in [2.75, 3.05) is 18.0 Å². The Balaban J connectivity index is 1.70. The number of benzene rings is 1. The van der Waals surface area contributed by atoms with E-state index in [9.17, 15) is 22.4 Å². The van der Waals surface area contributed by atoms with Crippen LogP contribution in [0.3, 0.4) is 0 Å². The lowest BCUT2D eigenvalue weighted by Gasteiger charge is -2.10. The highest BCUT2D eigenvalue weighted by atomic mass is 19.4. The van der Waals surface area contributed by atoms with Gasteiger partial charge in [0, 0.05) is 36.4 Å². The fourth-order valence-electron chi connectivity index (χ4n) is 3.65. The van der Waals surface area contributed by atoms with Crippen LogP contribution >= 0.6 is 0 Å². The first kappa shape index (κ1) is 19.3. The van der Waals surface area contributed by atoms with Crippen LogP contribution in [0.4, 0.5) is 23.6 Å². The molecule has 0 N–H and O–H groups in total. The Morgan fingerprint density at radius 1 is 1.00 bits per heavy atom. The fourth-order valence-corrected chi connectivity index (χ4v) is 3.65. The van der Waals surface area contributed by atoms with Gasteiger partial charge in [-0.15, -0.1) is 13.2 Å². The van der Waals surface area contributed by atoms with Crippen LogP contribution in [0.15, 0.2) is 51.9 Å². The van der Waals surface area contributed by atoms with E-state index in [1.807, 2.05) is 4.90 Å². The molecule has 0 unspecified atom stereocenters. The van der Waals surface area contributed by atoms with Crippen LogP contribution in [-0.4, -0.2) is 32.2 Å². The van der Waals surface area contributed by atoms with E-state index in [1.165, 1.54) is 36.5 Å². The van der Waals surface area contributed by atoms with E-state index < -0.39 is 23.5 Å². The largest absolute Gasteiger partial charge is 0.490 e. The van der Waals surface area contributed by atoms with Gasteiger partial charge in [-0.1, -0.05) is 0 Å². The summed E-state index contributed by atoms with van der Waals surface area (Å²) < 4.78 is 59.8. The van der Waals surface area contributed by atoms with Crippen LogP contribution in [0.5, 0.6) is 0 Å². The Bertz CT molecular complexity index is 1310. The second-order valence-electron chi connectivity index (χ2n) is 7.18. The molecule has 0 spiro atoms. The molecule has 1 aromatic carbocycles. The number of rotatable bonds is 3. The number of aromatic nitrogens is 4. The average molecular weight is 433 g/mol. The highest BCUT2D eigenvalue weighted by Gasteiger charge is 2.33. The molecule has 31 heavy (non-hydrogen) atoms.